The van der Waals surface area contributed by atoms with E-state index in [4.69, 9.17) is 22.1 Å². The van der Waals surface area contributed by atoms with Gasteiger partial charge < -0.3 is 10.5 Å². The van der Waals surface area contributed by atoms with E-state index in [0.717, 1.165) is 19.3 Å². The molecular formula is C13H19ClN2O3S. The lowest BCUT2D eigenvalue weighted by atomic mass is 10.0. The third-order valence-electron chi connectivity index (χ3n) is 3.70. The molecule has 112 valence electrons. The number of anilines is 1. The zero-order valence-corrected chi connectivity index (χ0v) is 12.9. The van der Waals surface area contributed by atoms with E-state index < -0.39 is 10.0 Å². The molecule has 1 aromatic rings. The highest BCUT2D eigenvalue weighted by Gasteiger charge is 2.42. The average Bonchev–Trinajstić information content (AvgIpc) is 3.14. The van der Waals surface area contributed by atoms with Gasteiger partial charge in [0.25, 0.3) is 0 Å². The number of hydrogen-bond acceptors (Lipinski definition) is 4. The van der Waals surface area contributed by atoms with E-state index in [1.54, 1.807) is 13.2 Å². The van der Waals surface area contributed by atoms with Gasteiger partial charge in [0.05, 0.1) is 10.7 Å². The summed E-state index contributed by atoms with van der Waals surface area (Å²) in [4.78, 5) is -0.0378. The number of nitrogens with one attached hydrogen (secondary N) is 1. The van der Waals surface area contributed by atoms with Crippen molar-refractivity contribution < 1.29 is 13.2 Å². The van der Waals surface area contributed by atoms with E-state index >= 15 is 0 Å². The van der Waals surface area contributed by atoms with Gasteiger partial charge in [-0.25, -0.2) is 13.1 Å². The van der Waals surface area contributed by atoms with Gasteiger partial charge in [0, 0.05) is 20.3 Å². The lowest BCUT2D eigenvalue weighted by molar-refractivity contribution is 0.173. The molecule has 0 radical (unpaired) electrons. The van der Waals surface area contributed by atoms with Gasteiger partial charge >= 0.3 is 0 Å². The Labute approximate surface area is 124 Å². The molecule has 1 saturated carbocycles. The summed E-state index contributed by atoms with van der Waals surface area (Å²) in [6, 6.07) is 4.67. The number of rotatable bonds is 7. The molecule has 0 unspecified atom stereocenters. The second-order valence-corrected chi connectivity index (χ2v) is 7.34. The van der Waals surface area contributed by atoms with Crippen molar-refractivity contribution >= 4 is 27.3 Å². The molecule has 0 spiro atoms. The maximum atomic E-state index is 12.3. The molecule has 5 nitrogen and oxygen atoms in total. The fourth-order valence-electron chi connectivity index (χ4n) is 2.14. The fourth-order valence-corrected chi connectivity index (χ4v) is 3.97. The first kappa shape index (κ1) is 15.6. The van der Waals surface area contributed by atoms with Crippen LogP contribution in [0, 0.1) is 5.41 Å². The van der Waals surface area contributed by atoms with Crippen molar-refractivity contribution in [2.75, 3.05) is 26.0 Å². The largest absolute Gasteiger partial charge is 0.398 e. The molecule has 0 atom stereocenters. The summed E-state index contributed by atoms with van der Waals surface area (Å²) < 4.78 is 32.3. The first-order valence-corrected chi connectivity index (χ1v) is 8.29. The van der Waals surface area contributed by atoms with Crippen molar-refractivity contribution in [3.63, 3.8) is 0 Å². The van der Waals surface area contributed by atoms with E-state index in [2.05, 4.69) is 4.72 Å². The normalized spacial score (nSPS) is 17.1. The number of nitrogens with two attached hydrogens (primary N) is 1. The van der Waals surface area contributed by atoms with Crippen LogP contribution in [0.15, 0.2) is 23.1 Å². The highest BCUT2D eigenvalue weighted by Crippen LogP contribution is 2.48. The molecule has 2 rings (SSSR count). The van der Waals surface area contributed by atoms with Gasteiger partial charge in [0.2, 0.25) is 10.0 Å². The molecule has 0 saturated heterocycles. The van der Waals surface area contributed by atoms with Crippen LogP contribution in [0.4, 0.5) is 5.69 Å². The molecule has 1 aromatic carbocycles. The Balaban J connectivity index is 2.09. The summed E-state index contributed by atoms with van der Waals surface area (Å²) in [6.45, 7) is 1.03. The van der Waals surface area contributed by atoms with E-state index in [9.17, 15) is 8.42 Å². The highest BCUT2D eigenvalue weighted by atomic mass is 35.5. The molecule has 1 aliphatic rings. The summed E-state index contributed by atoms with van der Waals surface area (Å²) in [5.74, 6) is 0. The van der Waals surface area contributed by atoms with Crippen LogP contribution in [0.1, 0.15) is 19.3 Å². The van der Waals surface area contributed by atoms with E-state index in [-0.39, 0.29) is 21.0 Å². The van der Waals surface area contributed by atoms with Crippen molar-refractivity contribution in [2.45, 2.75) is 24.2 Å². The third kappa shape index (κ3) is 3.44. The zero-order chi connectivity index (χ0) is 14.8. The molecule has 1 aliphatic carbocycles. The van der Waals surface area contributed by atoms with Crippen LogP contribution in [0.25, 0.3) is 0 Å². The maximum Gasteiger partial charge on any atom is 0.244 e. The Morgan fingerprint density at radius 2 is 2.15 bits per heavy atom. The van der Waals surface area contributed by atoms with Crippen molar-refractivity contribution in [2.24, 2.45) is 5.41 Å². The number of hydrogen-bond donors (Lipinski definition) is 2. The van der Waals surface area contributed by atoms with Crippen molar-refractivity contribution in [3.05, 3.63) is 23.2 Å². The molecule has 1 fully saturated rings. The van der Waals surface area contributed by atoms with Crippen LogP contribution in [-0.2, 0) is 14.8 Å². The van der Waals surface area contributed by atoms with Gasteiger partial charge in [-0.2, -0.15) is 0 Å². The molecular weight excluding hydrogens is 300 g/mol. The van der Waals surface area contributed by atoms with Crippen molar-refractivity contribution in [3.8, 4) is 0 Å². The van der Waals surface area contributed by atoms with Crippen molar-refractivity contribution in [1.82, 2.24) is 4.72 Å². The average molecular weight is 319 g/mol. The quantitative estimate of drug-likeness (QED) is 0.754. The van der Waals surface area contributed by atoms with Crippen LogP contribution in [0.3, 0.4) is 0 Å². The SMILES string of the molecule is COCCC1(CNS(=O)(=O)c2c(N)cccc2Cl)CC1. The Hall–Kier alpha value is -0.820. The topological polar surface area (TPSA) is 81.4 Å². The Morgan fingerprint density at radius 1 is 1.45 bits per heavy atom. The van der Waals surface area contributed by atoms with Crippen LogP contribution < -0.4 is 10.5 Å². The van der Waals surface area contributed by atoms with Gasteiger partial charge in [-0.3, -0.25) is 0 Å². The summed E-state index contributed by atoms with van der Waals surface area (Å²) in [6.07, 6.45) is 2.87. The van der Waals surface area contributed by atoms with E-state index in [1.165, 1.54) is 12.1 Å². The minimum absolute atomic E-state index is 0.0269. The van der Waals surface area contributed by atoms with E-state index in [0.29, 0.717) is 13.2 Å². The van der Waals surface area contributed by atoms with E-state index in [1.807, 2.05) is 0 Å². The second-order valence-electron chi connectivity index (χ2n) is 5.23. The Kier molecular flexibility index (Phi) is 4.59. The van der Waals surface area contributed by atoms with Crippen LogP contribution >= 0.6 is 11.6 Å². The number of ether oxygens (including phenoxy) is 1. The number of benzene rings is 1. The molecule has 0 aromatic heterocycles. The lowest BCUT2D eigenvalue weighted by Crippen LogP contribution is -2.31. The van der Waals surface area contributed by atoms with Crippen LogP contribution in [0.2, 0.25) is 5.02 Å². The van der Waals surface area contributed by atoms with Gasteiger partial charge in [0.1, 0.15) is 4.90 Å². The molecule has 0 amide bonds. The smallest absolute Gasteiger partial charge is 0.244 e. The third-order valence-corrected chi connectivity index (χ3v) is 5.64. The van der Waals surface area contributed by atoms with Crippen LogP contribution in [0.5, 0.6) is 0 Å². The van der Waals surface area contributed by atoms with Crippen LogP contribution in [-0.4, -0.2) is 28.7 Å². The summed E-state index contributed by atoms with van der Waals surface area (Å²) in [5, 5.41) is 0.138. The predicted octanol–water partition coefficient (Wildman–Crippen LogP) is 2.02. The monoisotopic (exact) mass is 318 g/mol. The molecule has 0 heterocycles. The lowest BCUT2D eigenvalue weighted by Gasteiger charge is -2.16. The second kappa shape index (κ2) is 5.89. The first-order valence-electron chi connectivity index (χ1n) is 6.43. The van der Waals surface area contributed by atoms with Gasteiger partial charge in [0.15, 0.2) is 0 Å². The summed E-state index contributed by atoms with van der Waals surface area (Å²) in [7, 11) is -2.04. The molecule has 0 bridgehead atoms. The maximum absolute atomic E-state index is 12.3. The van der Waals surface area contributed by atoms with Gasteiger partial charge in [-0.15, -0.1) is 0 Å². The Bertz CT molecular complexity index is 565. The fraction of sp³-hybridized carbons (Fsp3) is 0.538. The molecule has 0 aliphatic heterocycles. The van der Waals surface area contributed by atoms with Crippen molar-refractivity contribution in [1.29, 1.82) is 0 Å². The van der Waals surface area contributed by atoms with Gasteiger partial charge in [-0.1, -0.05) is 17.7 Å². The Morgan fingerprint density at radius 3 is 2.70 bits per heavy atom. The summed E-state index contributed by atoms with van der Waals surface area (Å²) >= 11 is 5.94. The number of methoxy groups -OCH3 is 1. The number of halogens is 1. The number of nitrogen functional groups attached to an aromatic ring is 1. The molecule has 7 heteroatoms. The number of sulfonamides is 1. The molecule has 3 N–H and O–H groups in total. The summed E-state index contributed by atoms with van der Waals surface area (Å²) in [5.41, 5.74) is 5.90. The molecule has 20 heavy (non-hydrogen) atoms. The minimum Gasteiger partial charge on any atom is -0.398 e. The highest BCUT2D eigenvalue weighted by molar-refractivity contribution is 7.89. The first-order chi connectivity index (χ1) is 9.40. The zero-order valence-electron chi connectivity index (χ0n) is 11.4. The standard InChI is InChI=1S/C13H19ClN2O3S/c1-19-8-7-13(5-6-13)9-16-20(17,18)12-10(14)3-2-4-11(12)15/h2-4,16H,5-9,15H2,1H3. The predicted molar refractivity (Wildman–Crippen MR) is 79.2 cm³/mol. The van der Waals surface area contributed by atoms with Gasteiger partial charge in [-0.05, 0) is 36.8 Å². The minimum atomic E-state index is -3.69.